The molecule has 0 fully saturated rings. The first-order valence-electron chi connectivity index (χ1n) is 10.8. The molecule has 0 unspecified atom stereocenters. The predicted octanol–water partition coefficient (Wildman–Crippen LogP) is 5.15. The number of carbonyl (C=O) groups is 2. The Morgan fingerprint density at radius 3 is 2.44 bits per heavy atom. The topological polar surface area (TPSA) is 80.9 Å². The van der Waals surface area contributed by atoms with E-state index in [2.05, 4.69) is 17.5 Å². The van der Waals surface area contributed by atoms with Gasteiger partial charge < -0.3 is 9.15 Å². The maximum absolute atomic E-state index is 12.8. The van der Waals surface area contributed by atoms with Crippen LogP contribution in [0.25, 0.3) is 0 Å². The monoisotopic (exact) mass is 430 g/mol. The molecular formula is C26H26N2O4. The van der Waals surface area contributed by atoms with Gasteiger partial charge in [0.05, 0.1) is 5.71 Å². The number of ether oxygens (including phenoxy) is 1. The summed E-state index contributed by atoms with van der Waals surface area (Å²) < 4.78 is 11.4. The molecule has 0 spiro atoms. The van der Waals surface area contributed by atoms with E-state index in [1.54, 1.807) is 24.3 Å². The molecule has 4 rings (SSSR count). The Kier molecular flexibility index (Phi) is 6.21. The zero-order valence-corrected chi connectivity index (χ0v) is 18.5. The van der Waals surface area contributed by atoms with Gasteiger partial charge in [0, 0.05) is 23.1 Å². The molecule has 1 aromatic heterocycles. The van der Waals surface area contributed by atoms with Crippen LogP contribution in [0.2, 0.25) is 0 Å². The molecule has 0 saturated heterocycles. The summed E-state index contributed by atoms with van der Waals surface area (Å²) in [5.41, 5.74) is 7.60. The van der Waals surface area contributed by atoms with Crippen molar-refractivity contribution in [1.82, 2.24) is 5.43 Å². The van der Waals surface area contributed by atoms with Gasteiger partial charge in [0.25, 0.3) is 5.91 Å². The van der Waals surface area contributed by atoms with Gasteiger partial charge in [0.1, 0.15) is 11.5 Å². The fourth-order valence-corrected chi connectivity index (χ4v) is 3.81. The Bertz CT molecular complexity index is 1170. The number of furan rings is 1. The Hall–Kier alpha value is -3.67. The van der Waals surface area contributed by atoms with Crippen LogP contribution >= 0.6 is 0 Å². The highest BCUT2D eigenvalue weighted by Gasteiger charge is 2.29. The van der Waals surface area contributed by atoms with Crippen molar-refractivity contribution in [3.05, 3.63) is 87.9 Å². The molecule has 1 amide bonds. The number of amides is 1. The third-order valence-corrected chi connectivity index (χ3v) is 5.66. The molecule has 1 aliphatic rings. The van der Waals surface area contributed by atoms with Crippen LogP contribution in [0.15, 0.2) is 58.0 Å². The van der Waals surface area contributed by atoms with Gasteiger partial charge >= 0.3 is 5.97 Å². The van der Waals surface area contributed by atoms with Crippen molar-refractivity contribution in [2.24, 2.45) is 5.10 Å². The maximum atomic E-state index is 12.8. The van der Waals surface area contributed by atoms with Crippen LogP contribution in [-0.2, 0) is 12.8 Å². The molecule has 1 aliphatic carbocycles. The lowest BCUT2D eigenvalue weighted by atomic mass is 9.93. The van der Waals surface area contributed by atoms with Crippen molar-refractivity contribution in [2.75, 3.05) is 0 Å². The number of fused-ring (bicyclic) bond motifs is 1. The van der Waals surface area contributed by atoms with E-state index in [0.717, 1.165) is 24.0 Å². The van der Waals surface area contributed by atoms with Crippen molar-refractivity contribution >= 4 is 17.6 Å². The summed E-state index contributed by atoms with van der Waals surface area (Å²) in [6.07, 6.45) is 3.14. The summed E-state index contributed by atoms with van der Waals surface area (Å²) in [6.45, 7) is 5.86. The van der Waals surface area contributed by atoms with E-state index >= 15 is 0 Å². The lowest BCUT2D eigenvalue weighted by Gasteiger charge is -2.13. The molecular weight excluding hydrogens is 404 g/mol. The van der Waals surface area contributed by atoms with E-state index in [0.29, 0.717) is 41.2 Å². The van der Waals surface area contributed by atoms with Crippen LogP contribution in [0.3, 0.4) is 0 Å². The second-order valence-corrected chi connectivity index (χ2v) is 7.96. The molecule has 0 atom stereocenters. The number of hydrazone groups is 1. The highest BCUT2D eigenvalue weighted by Crippen LogP contribution is 2.30. The first kappa shape index (κ1) is 21.6. The SMILES string of the molecule is CCc1ccc(OC(=O)c2oc3c(c2C)/C(=N/NC(=O)c2ccc(C)cc2)CCC3)cc1. The number of rotatable bonds is 5. The Balaban J connectivity index is 1.54. The summed E-state index contributed by atoms with van der Waals surface area (Å²) in [5.74, 6) is 0.532. The van der Waals surface area contributed by atoms with Crippen LogP contribution in [-0.4, -0.2) is 17.6 Å². The third-order valence-electron chi connectivity index (χ3n) is 5.66. The van der Waals surface area contributed by atoms with Crippen molar-refractivity contribution in [1.29, 1.82) is 0 Å². The summed E-state index contributed by atoms with van der Waals surface area (Å²) in [5, 5.41) is 4.36. The van der Waals surface area contributed by atoms with Gasteiger partial charge in [-0.05, 0) is 62.9 Å². The van der Waals surface area contributed by atoms with E-state index in [-0.39, 0.29) is 11.7 Å². The molecule has 0 aliphatic heterocycles. The molecule has 32 heavy (non-hydrogen) atoms. The minimum atomic E-state index is -0.538. The second-order valence-electron chi connectivity index (χ2n) is 7.96. The molecule has 164 valence electrons. The van der Waals surface area contributed by atoms with Crippen LogP contribution in [0.4, 0.5) is 0 Å². The first-order valence-corrected chi connectivity index (χ1v) is 10.8. The van der Waals surface area contributed by atoms with E-state index < -0.39 is 5.97 Å². The van der Waals surface area contributed by atoms with Crippen LogP contribution in [0.5, 0.6) is 5.75 Å². The molecule has 0 bridgehead atoms. The normalized spacial score (nSPS) is 14.2. The van der Waals surface area contributed by atoms with E-state index in [1.165, 1.54) is 5.56 Å². The highest BCUT2D eigenvalue weighted by atomic mass is 16.5. The Morgan fingerprint density at radius 2 is 1.75 bits per heavy atom. The second kappa shape index (κ2) is 9.22. The van der Waals surface area contributed by atoms with Gasteiger partial charge in [0.15, 0.2) is 0 Å². The van der Waals surface area contributed by atoms with Crippen molar-refractivity contribution in [2.45, 2.75) is 46.5 Å². The fraction of sp³-hybridized carbons (Fsp3) is 0.269. The minimum absolute atomic E-state index is 0.175. The van der Waals surface area contributed by atoms with Gasteiger partial charge in [0.2, 0.25) is 5.76 Å². The lowest BCUT2D eigenvalue weighted by molar-refractivity contribution is 0.0698. The standard InChI is InChI=1S/C26H26N2O4/c1-4-18-10-14-20(15-11-18)31-26(30)24-17(3)23-21(6-5-7-22(23)32-24)27-28-25(29)19-12-8-16(2)9-13-19/h8-15H,4-7H2,1-3H3,(H,28,29)/b27-21+. The fourth-order valence-electron chi connectivity index (χ4n) is 3.81. The van der Waals surface area contributed by atoms with Gasteiger partial charge in [-0.25, -0.2) is 10.2 Å². The zero-order chi connectivity index (χ0) is 22.7. The molecule has 1 heterocycles. The number of carbonyl (C=O) groups excluding carboxylic acids is 2. The quantitative estimate of drug-likeness (QED) is 0.345. The largest absolute Gasteiger partial charge is 0.453 e. The molecule has 1 N–H and O–H groups in total. The Morgan fingerprint density at radius 1 is 1.03 bits per heavy atom. The van der Waals surface area contributed by atoms with Crippen LogP contribution < -0.4 is 10.2 Å². The predicted molar refractivity (Wildman–Crippen MR) is 122 cm³/mol. The number of benzene rings is 2. The minimum Gasteiger partial charge on any atom is -0.453 e. The average Bonchev–Trinajstić information content (AvgIpc) is 3.15. The number of hydrogen-bond donors (Lipinski definition) is 1. The number of nitrogens with one attached hydrogen (secondary N) is 1. The summed E-state index contributed by atoms with van der Waals surface area (Å²) in [4.78, 5) is 25.2. The van der Waals surface area contributed by atoms with Crippen molar-refractivity contribution < 1.29 is 18.7 Å². The number of nitrogens with zero attached hydrogens (tertiary/aromatic N) is 1. The smallest absolute Gasteiger partial charge is 0.379 e. The molecule has 6 heteroatoms. The van der Waals surface area contributed by atoms with Crippen LogP contribution in [0.1, 0.15) is 68.7 Å². The maximum Gasteiger partial charge on any atom is 0.379 e. The number of hydrogen-bond acceptors (Lipinski definition) is 5. The van der Waals surface area contributed by atoms with E-state index in [9.17, 15) is 9.59 Å². The zero-order valence-electron chi connectivity index (χ0n) is 18.5. The summed E-state index contributed by atoms with van der Waals surface area (Å²) >= 11 is 0. The van der Waals surface area contributed by atoms with Gasteiger partial charge in [-0.1, -0.05) is 36.8 Å². The van der Waals surface area contributed by atoms with Crippen LogP contribution in [0, 0.1) is 13.8 Å². The van der Waals surface area contributed by atoms with Gasteiger partial charge in [-0.15, -0.1) is 0 Å². The molecule has 2 aromatic carbocycles. The lowest BCUT2D eigenvalue weighted by Crippen LogP contribution is -2.22. The summed E-state index contributed by atoms with van der Waals surface area (Å²) in [6, 6.07) is 14.7. The molecule has 0 radical (unpaired) electrons. The Labute approximate surface area is 187 Å². The highest BCUT2D eigenvalue weighted by molar-refractivity contribution is 6.06. The molecule has 6 nitrogen and oxygen atoms in total. The number of aryl methyl sites for hydroxylation is 3. The van der Waals surface area contributed by atoms with Crippen molar-refractivity contribution in [3.63, 3.8) is 0 Å². The van der Waals surface area contributed by atoms with Gasteiger partial charge in [-0.3, -0.25) is 4.79 Å². The molecule has 3 aromatic rings. The van der Waals surface area contributed by atoms with E-state index in [1.807, 2.05) is 38.1 Å². The van der Waals surface area contributed by atoms with Gasteiger partial charge in [-0.2, -0.15) is 5.10 Å². The van der Waals surface area contributed by atoms with Crippen molar-refractivity contribution in [3.8, 4) is 5.75 Å². The summed E-state index contributed by atoms with van der Waals surface area (Å²) in [7, 11) is 0. The van der Waals surface area contributed by atoms with E-state index in [4.69, 9.17) is 9.15 Å². The average molecular weight is 431 g/mol. The third kappa shape index (κ3) is 4.49. The molecule has 0 saturated carbocycles. The number of esters is 1. The first-order chi connectivity index (χ1) is 15.5.